The molecule has 5 nitrogen and oxygen atoms in total. The number of methoxy groups -OCH3 is 1. The third-order valence-corrected chi connectivity index (χ3v) is 2.42. The van der Waals surface area contributed by atoms with Crippen LogP contribution in [0.2, 0.25) is 0 Å². The van der Waals surface area contributed by atoms with Gasteiger partial charge in [-0.2, -0.15) is 0 Å². The van der Waals surface area contributed by atoms with Gasteiger partial charge in [0.2, 0.25) is 0 Å². The molecule has 1 aromatic carbocycles. The van der Waals surface area contributed by atoms with Crippen molar-refractivity contribution in [1.29, 1.82) is 0 Å². The topological polar surface area (TPSA) is 64.5 Å². The van der Waals surface area contributed by atoms with Crippen LogP contribution in [0, 0.1) is 6.92 Å². The van der Waals surface area contributed by atoms with Crippen molar-refractivity contribution in [2.75, 3.05) is 7.11 Å². The van der Waals surface area contributed by atoms with Crippen LogP contribution in [0.5, 0.6) is 11.5 Å². The third-order valence-electron chi connectivity index (χ3n) is 2.42. The fourth-order valence-electron chi connectivity index (χ4n) is 1.63. The Labute approximate surface area is 99.0 Å². The van der Waals surface area contributed by atoms with Gasteiger partial charge < -0.3 is 14.6 Å². The predicted molar refractivity (Wildman–Crippen MR) is 63.1 cm³/mol. The highest BCUT2D eigenvalue weighted by Crippen LogP contribution is 2.32. The van der Waals surface area contributed by atoms with Crippen LogP contribution in [-0.4, -0.2) is 28.5 Å². The van der Waals surface area contributed by atoms with Gasteiger partial charge in [0.05, 0.1) is 12.6 Å². The maximum atomic E-state index is 9.26. The molecule has 1 atom stereocenters. The molecule has 1 heterocycles. The quantitative estimate of drug-likeness (QED) is 0.818. The first-order valence-electron chi connectivity index (χ1n) is 5.26. The van der Waals surface area contributed by atoms with Crippen LogP contribution >= 0.6 is 0 Å². The highest BCUT2D eigenvalue weighted by Gasteiger charge is 2.11. The molecule has 0 radical (unpaired) electrons. The SMILES string of the molecule is COc1cc2ncnc(C)c2cc1OC(C)O. The first-order valence-corrected chi connectivity index (χ1v) is 5.26. The number of benzene rings is 1. The summed E-state index contributed by atoms with van der Waals surface area (Å²) in [5.74, 6) is 1.02. The van der Waals surface area contributed by atoms with Gasteiger partial charge in [0.15, 0.2) is 17.8 Å². The minimum Gasteiger partial charge on any atom is -0.493 e. The lowest BCUT2D eigenvalue weighted by Gasteiger charge is -2.13. The Morgan fingerprint density at radius 3 is 2.65 bits per heavy atom. The molecule has 1 aromatic heterocycles. The van der Waals surface area contributed by atoms with Crippen LogP contribution in [0.1, 0.15) is 12.6 Å². The highest BCUT2D eigenvalue weighted by atomic mass is 16.6. The molecule has 0 amide bonds. The van der Waals surface area contributed by atoms with Crippen LogP contribution in [0.3, 0.4) is 0 Å². The number of hydrogen-bond donors (Lipinski definition) is 1. The molecule has 0 aliphatic carbocycles. The minimum absolute atomic E-state index is 0.480. The highest BCUT2D eigenvalue weighted by molar-refractivity contribution is 5.84. The number of aromatic nitrogens is 2. The van der Waals surface area contributed by atoms with E-state index < -0.39 is 6.29 Å². The monoisotopic (exact) mass is 234 g/mol. The molecule has 17 heavy (non-hydrogen) atoms. The second-order valence-electron chi connectivity index (χ2n) is 3.70. The van der Waals surface area contributed by atoms with Gasteiger partial charge >= 0.3 is 0 Å². The van der Waals surface area contributed by atoms with E-state index in [2.05, 4.69) is 9.97 Å². The van der Waals surface area contributed by atoms with Gasteiger partial charge in [0, 0.05) is 17.1 Å². The van der Waals surface area contributed by atoms with Gasteiger partial charge in [-0.3, -0.25) is 0 Å². The van der Waals surface area contributed by atoms with Crippen molar-refractivity contribution in [2.24, 2.45) is 0 Å². The molecule has 0 fully saturated rings. The molecule has 0 saturated heterocycles. The molecule has 0 bridgehead atoms. The van der Waals surface area contributed by atoms with Crippen LogP contribution in [0.4, 0.5) is 0 Å². The van der Waals surface area contributed by atoms with Crippen molar-refractivity contribution in [1.82, 2.24) is 9.97 Å². The van der Waals surface area contributed by atoms with E-state index in [9.17, 15) is 5.11 Å². The summed E-state index contributed by atoms with van der Waals surface area (Å²) in [5.41, 5.74) is 1.64. The third kappa shape index (κ3) is 2.29. The molecule has 2 aromatic rings. The lowest BCUT2D eigenvalue weighted by Crippen LogP contribution is -2.10. The number of fused-ring (bicyclic) bond motifs is 1. The zero-order valence-electron chi connectivity index (χ0n) is 9.97. The minimum atomic E-state index is -0.897. The van der Waals surface area contributed by atoms with Gasteiger partial charge in [-0.25, -0.2) is 9.97 Å². The summed E-state index contributed by atoms with van der Waals surface area (Å²) < 4.78 is 10.5. The number of hydrogen-bond acceptors (Lipinski definition) is 5. The van der Waals surface area contributed by atoms with E-state index in [1.807, 2.05) is 6.92 Å². The van der Waals surface area contributed by atoms with E-state index in [0.29, 0.717) is 11.5 Å². The number of aliphatic hydroxyl groups is 1. The molecular formula is C12H14N2O3. The fourth-order valence-corrected chi connectivity index (χ4v) is 1.63. The largest absolute Gasteiger partial charge is 0.493 e. The summed E-state index contributed by atoms with van der Waals surface area (Å²) in [6.45, 7) is 3.43. The Balaban J connectivity index is 2.61. The van der Waals surface area contributed by atoms with E-state index in [0.717, 1.165) is 16.6 Å². The fraction of sp³-hybridized carbons (Fsp3) is 0.333. The van der Waals surface area contributed by atoms with Crippen LogP contribution in [0.25, 0.3) is 10.9 Å². The number of aliphatic hydroxyl groups excluding tert-OH is 1. The first-order chi connectivity index (χ1) is 8.11. The molecule has 90 valence electrons. The molecule has 5 heteroatoms. The summed E-state index contributed by atoms with van der Waals surface area (Å²) >= 11 is 0. The Hall–Kier alpha value is -1.88. The molecule has 0 saturated carbocycles. The normalized spacial score (nSPS) is 12.5. The molecule has 0 spiro atoms. The Bertz CT molecular complexity index is 541. The van der Waals surface area contributed by atoms with Gasteiger partial charge in [-0.15, -0.1) is 0 Å². The lowest BCUT2D eigenvalue weighted by atomic mass is 10.2. The van der Waals surface area contributed by atoms with E-state index in [-0.39, 0.29) is 0 Å². The van der Waals surface area contributed by atoms with Crippen LogP contribution in [0.15, 0.2) is 18.5 Å². The summed E-state index contributed by atoms with van der Waals surface area (Å²) in [6, 6.07) is 3.54. The zero-order valence-corrected chi connectivity index (χ0v) is 9.97. The number of aryl methyl sites for hydroxylation is 1. The van der Waals surface area contributed by atoms with Crippen molar-refractivity contribution < 1.29 is 14.6 Å². The average Bonchev–Trinajstić information content (AvgIpc) is 2.29. The van der Waals surface area contributed by atoms with Gasteiger partial charge in [-0.05, 0) is 19.9 Å². The van der Waals surface area contributed by atoms with Crippen LogP contribution < -0.4 is 9.47 Å². The number of ether oxygens (including phenoxy) is 2. The second-order valence-corrected chi connectivity index (χ2v) is 3.70. The van der Waals surface area contributed by atoms with Crippen molar-refractivity contribution >= 4 is 10.9 Å². The van der Waals surface area contributed by atoms with E-state index >= 15 is 0 Å². The van der Waals surface area contributed by atoms with E-state index in [1.54, 1.807) is 19.2 Å². The Kier molecular flexibility index (Phi) is 3.10. The van der Waals surface area contributed by atoms with Gasteiger partial charge in [0.1, 0.15) is 6.33 Å². The molecule has 1 N–H and O–H groups in total. The molecule has 2 rings (SSSR count). The maximum absolute atomic E-state index is 9.26. The smallest absolute Gasteiger partial charge is 0.194 e. The predicted octanol–water partition coefficient (Wildman–Crippen LogP) is 1.66. The zero-order chi connectivity index (χ0) is 12.4. The molecule has 0 aliphatic heterocycles. The average molecular weight is 234 g/mol. The summed E-state index contributed by atoms with van der Waals surface area (Å²) in [7, 11) is 1.55. The maximum Gasteiger partial charge on any atom is 0.194 e. The summed E-state index contributed by atoms with van der Waals surface area (Å²) in [5, 5.41) is 10.1. The number of nitrogens with zero attached hydrogens (tertiary/aromatic N) is 2. The Morgan fingerprint density at radius 2 is 2.00 bits per heavy atom. The summed E-state index contributed by atoms with van der Waals surface area (Å²) in [6.07, 6.45) is 0.609. The molecule has 0 aliphatic rings. The van der Waals surface area contributed by atoms with Crippen molar-refractivity contribution in [2.45, 2.75) is 20.1 Å². The molecular weight excluding hydrogens is 220 g/mol. The van der Waals surface area contributed by atoms with E-state index in [1.165, 1.54) is 13.3 Å². The van der Waals surface area contributed by atoms with Crippen molar-refractivity contribution in [3.05, 3.63) is 24.2 Å². The summed E-state index contributed by atoms with van der Waals surface area (Å²) in [4.78, 5) is 8.27. The van der Waals surface area contributed by atoms with Crippen LogP contribution in [-0.2, 0) is 0 Å². The van der Waals surface area contributed by atoms with E-state index in [4.69, 9.17) is 9.47 Å². The molecule has 1 unspecified atom stereocenters. The standard InChI is InChI=1S/C12H14N2O3/c1-7-9-4-12(17-8(2)15)11(16-3)5-10(9)14-6-13-7/h4-6,8,15H,1-3H3. The van der Waals surface area contributed by atoms with Crippen molar-refractivity contribution in [3.63, 3.8) is 0 Å². The van der Waals surface area contributed by atoms with Gasteiger partial charge in [0.25, 0.3) is 0 Å². The van der Waals surface area contributed by atoms with Crippen molar-refractivity contribution in [3.8, 4) is 11.5 Å². The number of rotatable bonds is 3. The van der Waals surface area contributed by atoms with Gasteiger partial charge in [-0.1, -0.05) is 0 Å². The first kappa shape index (κ1) is 11.6. The lowest BCUT2D eigenvalue weighted by molar-refractivity contribution is -0.00194. The Morgan fingerprint density at radius 1 is 1.24 bits per heavy atom. The second kappa shape index (κ2) is 4.55.